The van der Waals surface area contributed by atoms with E-state index in [0.717, 1.165) is 11.1 Å². The van der Waals surface area contributed by atoms with Gasteiger partial charge in [0, 0.05) is 11.5 Å². The number of hydrogen-bond donors (Lipinski definition) is 0. The number of para-hydroxylation sites is 1. The zero-order valence-corrected chi connectivity index (χ0v) is 22.9. The van der Waals surface area contributed by atoms with Gasteiger partial charge in [-0.05, 0) is 30.7 Å². The van der Waals surface area contributed by atoms with Crippen molar-refractivity contribution in [3.63, 3.8) is 0 Å². The fraction of sp³-hybridized carbons (Fsp3) is 0.194. The topological polar surface area (TPSA) is 96.6 Å². The predicted octanol–water partition coefficient (Wildman–Crippen LogP) is 5.53. The molecule has 0 fully saturated rings. The van der Waals surface area contributed by atoms with Gasteiger partial charge < -0.3 is 9.32 Å². The van der Waals surface area contributed by atoms with E-state index in [1.165, 1.54) is 16.2 Å². The number of aryl methyl sites for hydroxylation is 1. The molecule has 5 aromatic rings. The summed E-state index contributed by atoms with van der Waals surface area (Å²) < 4.78 is 6.16. The Morgan fingerprint density at radius 1 is 0.950 bits per heavy atom. The van der Waals surface area contributed by atoms with Crippen LogP contribution < -0.4 is 15.2 Å². The summed E-state index contributed by atoms with van der Waals surface area (Å²) in [5.74, 6) is -1.09. The minimum Gasteiger partial charge on any atom is -0.450 e. The van der Waals surface area contributed by atoms with Crippen LogP contribution in [-0.2, 0) is 16.9 Å². The summed E-state index contributed by atoms with van der Waals surface area (Å²) in [6.45, 7) is 6.11. The molecule has 7 rings (SSSR count). The Balaban J connectivity index is 1.56. The molecule has 2 amide bonds. The van der Waals surface area contributed by atoms with Crippen molar-refractivity contribution < 1.29 is 14.0 Å². The van der Waals surface area contributed by atoms with Gasteiger partial charge in [0.05, 0.1) is 23.2 Å². The molecule has 0 saturated heterocycles. The molecule has 2 aliphatic rings. The molecule has 1 atom stereocenters. The normalized spacial score (nSPS) is 17.9. The van der Waals surface area contributed by atoms with Crippen LogP contribution in [0.3, 0.4) is 0 Å². The summed E-state index contributed by atoms with van der Waals surface area (Å²) in [5.41, 5.74) is 1.05. The third kappa shape index (κ3) is 3.21. The maximum absolute atomic E-state index is 14.9. The van der Waals surface area contributed by atoms with E-state index in [-0.39, 0.29) is 28.9 Å². The molecular weight excluding hydrogens is 524 g/mol. The fourth-order valence-corrected chi connectivity index (χ4v) is 6.65. The average molecular weight is 549 g/mol. The molecular formula is C31H24N4O4S. The Kier molecular flexibility index (Phi) is 5.30. The van der Waals surface area contributed by atoms with Crippen LogP contribution >= 0.6 is 11.3 Å². The quantitative estimate of drug-likeness (QED) is 0.293. The summed E-state index contributed by atoms with van der Waals surface area (Å²) in [6, 6.07) is 22.2. The monoisotopic (exact) mass is 548 g/mol. The number of carbonyl (C=O) groups excluding carboxylic acids is 2. The van der Waals surface area contributed by atoms with Crippen molar-refractivity contribution in [3.05, 3.63) is 116 Å². The molecule has 8 nitrogen and oxygen atoms in total. The lowest BCUT2D eigenvalue weighted by molar-refractivity contribution is -0.121. The van der Waals surface area contributed by atoms with Crippen LogP contribution in [0.5, 0.6) is 0 Å². The van der Waals surface area contributed by atoms with Crippen molar-refractivity contribution in [2.24, 2.45) is 0 Å². The highest BCUT2D eigenvalue weighted by Crippen LogP contribution is 2.54. The molecule has 0 N–H and O–H groups in total. The Hall–Kier alpha value is -4.63. The molecule has 198 valence electrons. The molecule has 1 spiro atoms. The van der Waals surface area contributed by atoms with Gasteiger partial charge in [0.25, 0.3) is 11.8 Å². The smallest absolute Gasteiger partial charge is 0.297 e. The molecule has 9 heteroatoms. The molecule has 4 heterocycles. The van der Waals surface area contributed by atoms with E-state index >= 15 is 0 Å². The maximum atomic E-state index is 14.9. The van der Waals surface area contributed by atoms with Gasteiger partial charge in [0.2, 0.25) is 10.9 Å². The Bertz CT molecular complexity index is 1910. The average Bonchev–Trinajstić information content (AvgIpc) is 3.60. The molecule has 0 saturated carbocycles. The largest absolute Gasteiger partial charge is 0.450 e. The summed E-state index contributed by atoms with van der Waals surface area (Å²) in [5, 5.41) is 9.95. The Labute approximate surface area is 233 Å². The van der Waals surface area contributed by atoms with Gasteiger partial charge in [-0.25, -0.2) is 0 Å². The lowest BCUT2D eigenvalue weighted by atomic mass is 9.84. The maximum Gasteiger partial charge on any atom is 0.297 e. The molecule has 3 aromatic carbocycles. The van der Waals surface area contributed by atoms with E-state index in [1.807, 2.05) is 75.4 Å². The summed E-state index contributed by atoms with van der Waals surface area (Å²) >= 11 is 1.24. The number of carbonyl (C=O) groups is 2. The zero-order valence-electron chi connectivity index (χ0n) is 22.0. The minimum absolute atomic E-state index is 0.0184. The van der Waals surface area contributed by atoms with Crippen molar-refractivity contribution in [3.8, 4) is 0 Å². The van der Waals surface area contributed by atoms with E-state index in [4.69, 9.17) is 4.42 Å². The van der Waals surface area contributed by atoms with Crippen molar-refractivity contribution in [2.45, 2.75) is 38.8 Å². The van der Waals surface area contributed by atoms with Crippen LogP contribution in [0.15, 0.2) is 82.0 Å². The van der Waals surface area contributed by atoms with Crippen molar-refractivity contribution in [1.29, 1.82) is 0 Å². The number of fused-ring (bicyclic) bond motifs is 5. The first-order valence-electron chi connectivity index (χ1n) is 13.0. The van der Waals surface area contributed by atoms with Gasteiger partial charge in [-0.15, -0.1) is 10.2 Å². The third-order valence-electron chi connectivity index (χ3n) is 7.58. The summed E-state index contributed by atoms with van der Waals surface area (Å²) in [6.07, 6.45) is 0. The van der Waals surface area contributed by atoms with Gasteiger partial charge in [-0.2, -0.15) is 0 Å². The van der Waals surface area contributed by atoms with Gasteiger partial charge >= 0.3 is 0 Å². The number of anilines is 2. The van der Waals surface area contributed by atoms with Crippen LogP contribution in [0.2, 0.25) is 0 Å². The van der Waals surface area contributed by atoms with Gasteiger partial charge in [-0.3, -0.25) is 19.3 Å². The van der Waals surface area contributed by atoms with Crippen LogP contribution in [-0.4, -0.2) is 22.0 Å². The second kappa shape index (κ2) is 8.69. The Morgan fingerprint density at radius 2 is 1.70 bits per heavy atom. The standard InChI is InChI=1S/C31H24N4O4S/c1-17(2)27-32-33-30(40-27)35-28(37)26-24(25(36)20-15-18(3)13-14-23(20)39-26)31(35)21-11-7-8-12-22(21)34(29(31)38)16-19-9-5-4-6-10-19/h4-15,17H,16H2,1-3H3. The number of nitrogens with zero attached hydrogens (tertiary/aromatic N) is 4. The SMILES string of the molecule is Cc1ccc2oc3c(c(=O)c2c1)C1(C(=O)N(Cc2ccccc2)c2ccccc21)N(c1nnc(C(C)C)s1)C3=O. The van der Waals surface area contributed by atoms with Crippen LogP contribution in [0.25, 0.3) is 11.0 Å². The molecule has 0 bridgehead atoms. The number of benzene rings is 3. The molecule has 40 heavy (non-hydrogen) atoms. The first-order chi connectivity index (χ1) is 19.3. The van der Waals surface area contributed by atoms with Crippen molar-refractivity contribution in [1.82, 2.24) is 10.2 Å². The second-order valence-electron chi connectivity index (χ2n) is 10.5. The number of hydrogen-bond acceptors (Lipinski definition) is 7. The number of amides is 2. The van der Waals surface area contributed by atoms with E-state index in [0.29, 0.717) is 27.2 Å². The lowest BCUT2D eigenvalue weighted by Crippen LogP contribution is -2.53. The predicted molar refractivity (Wildman–Crippen MR) is 153 cm³/mol. The fourth-order valence-electron chi connectivity index (χ4n) is 5.75. The highest BCUT2D eigenvalue weighted by atomic mass is 32.1. The highest BCUT2D eigenvalue weighted by molar-refractivity contribution is 7.15. The highest BCUT2D eigenvalue weighted by Gasteiger charge is 2.66. The van der Waals surface area contributed by atoms with Gasteiger partial charge in [0.15, 0.2) is 11.0 Å². The molecule has 1 unspecified atom stereocenters. The van der Waals surface area contributed by atoms with E-state index < -0.39 is 22.8 Å². The minimum atomic E-state index is -1.79. The zero-order chi connectivity index (χ0) is 27.8. The number of aromatic nitrogens is 2. The van der Waals surface area contributed by atoms with Crippen LogP contribution in [0.1, 0.15) is 57.6 Å². The Morgan fingerprint density at radius 3 is 2.45 bits per heavy atom. The van der Waals surface area contributed by atoms with Gasteiger partial charge in [0.1, 0.15) is 10.6 Å². The van der Waals surface area contributed by atoms with Crippen LogP contribution in [0, 0.1) is 6.92 Å². The van der Waals surface area contributed by atoms with E-state index in [9.17, 15) is 14.4 Å². The first kappa shape index (κ1) is 24.4. The molecule has 0 aliphatic carbocycles. The van der Waals surface area contributed by atoms with Crippen molar-refractivity contribution in [2.75, 3.05) is 9.80 Å². The molecule has 0 radical (unpaired) electrons. The summed E-state index contributed by atoms with van der Waals surface area (Å²) in [4.78, 5) is 46.5. The summed E-state index contributed by atoms with van der Waals surface area (Å²) in [7, 11) is 0. The number of rotatable bonds is 4. The first-order valence-corrected chi connectivity index (χ1v) is 13.8. The van der Waals surface area contributed by atoms with Crippen molar-refractivity contribution >= 4 is 44.9 Å². The van der Waals surface area contributed by atoms with Gasteiger partial charge in [-0.1, -0.05) is 85.3 Å². The molecule has 2 aromatic heterocycles. The second-order valence-corrected chi connectivity index (χ2v) is 11.4. The lowest BCUT2D eigenvalue weighted by Gasteiger charge is -2.32. The third-order valence-corrected chi connectivity index (χ3v) is 8.79. The van der Waals surface area contributed by atoms with Crippen LogP contribution in [0.4, 0.5) is 10.8 Å². The molecule has 2 aliphatic heterocycles. The van der Waals surface area contributed by atoms with E-state index in [1.54, 1.807) is 23.1 Å². The van der Waals surface area contributed by atoms with E-state index in [2.05, 4.69) is 10.2 Å².